The van der Waals surface area contributed by atoms with Crippen molar-refractivity contribution in [2.24, 2.45) is 4.40 Å². The fourth-order valence-electron chi connectivity index (χ4n) is 1.76. The first-order valence-corrected chi connectivity index (χ1v) is 7.34. The van der Waals surface area contributed by atoms with Gasteiger partial charge in [-0.3, -0.25) is 0 Å². The highest BCUT2D eigenvalue weighted by Gasteiger charge is 2.18. The lowest BCUT2D eigenvalue weighted by Gasteiger charge is -2.15. The molecule has 0 aromatic heterocycles. The summed E-state index contributed by atoms with van der Waals surface area (Å²) in [5.41, 5.74) is 0.246. The van der Waals surface area contributed by atoms with Gasteiger partial charge in [-0.2, -0.15) is 0 Å². The van der Waals surface area contributed by atoms with E-state index in [-0.39, 0.29) is 16.5 Å². The number of halogens is 1. The highest BCUT2D eigenvalue weighted by atomic mass is 32.2. The Balaban J connectivity index is 2.57. The Labute approximate surface area is 119 Å². The van der Waals surface area contributed by atoms with Crippen LogP contribution in [0.5, 0.6) is 0 Å². The molecule has 1 aliphatic heterocycles. The zero-order valence-corrected chi connectivity index (χ0v) is 11.9. The van der Waals surface area contributed by atoms with Gasteiger partial charge in [0.2, 0.25) is 0 Å². The van der Waals surface area contributed by atoms with E-state index in [2.05, 4.69) is 9.71 Å². The molecular weight excluding hydrogens is 279 g/mol. The normalized spacial score (nSPS) is 17.1. The molecule has 106 valence electrons. The van der Waals surface area contributed by atoms with Crippen LogP contribution in [0.25, 0.3) is 0 Å². The molecule has 0 amide bonds. The molecule has 1 aliphatic rings. The lowest BCUT2D eigenvalue weighted by Crippen LogP contribution is -2.12. The van der Waals surface area contributed by atoms with Crippen LogP contribution in [-0.2, 0) is 0 Å². The summed E-state index contributed by atoms with van der Waals surface area (Å²) in [5.74, 6) is -2.00. The Morgan fingerprint density at radius 3 is 2.70 bits per heavy atom. The van der Waals surface area contributed by atoms with E-state index in [0.717, 1.165) is 0 Å². The fraction of sp³-hybridized carbons (Fsp3) is 0.214. The average Bonchev–Trinajstić information content (AvgIpc) is 2.40. The van der Waals surface area contributed by atoms with Crippen LogP contribution in [0.2, 0.25) is 0 Å². The minimum atomic E-state index is -1.28. The number of rotatable bonds is 4. The zero-order valence-electron chi connectivity index (χ0n) is 11.1. The predicted octanol–water partition coefficient (Wildman–Crippen LogP) is 3.33. The molecule has 0 radical (unpaired) electrons. The summed E-state index contributed by atoms with van der Waals surface area (Å²) in [4.78, 5) is 11.5. The number of allylic oxidation sites excluding steroid dienone is 2. The number of aromatic carboxylic acids is 1. The molecule has 2 rings (SSSR count). The average molecular weight is 294 g/mol. The van der Waals surface area contributed by atoms with Gasteiger partial charge in [0.15, 0.2) is 5.82 Å². The monoisotopic (exact) mass is 294 g/mol. The number of nitrogens with one attached hydrogen (secondary N) is 1. The molecule has 0 spiro atoms. The minimum Gasteiger partial charge on any atom is -0.478 e. The number of nitrogens with zero attached hydrogens (tertiary/aromatic N) is 1. The number of hydrogen-bond donors (Lipinski definition) is 2. The summed E-state index contributed by atoms with van der Waals surface area (Å²) in [6.07, 6.45) is 5.11. The van der Waals surface area contributed by atoms with Gasteiger partial charge in [-0.1, -0.05) is 6.08 Å². The van der Waals surface area contributed by atoms with Crippen LogP contribution in [0.1, 0.15) is 24.2 Å². The van der Waals surface area contributed by atoms with Gasteiger partial charge in [0.25, 0.3) is 0 Å². The molecule has 2 N–H and O–H groups in total. The van der Waals surface area contributed by atoms with Crippen molar-refractivity contribution in [3.05, 3.63) is 35.7 Å². The van der Waals surface area contributed by atoms with Gasteiger partial charge in [-0.15, -0.1) is 0 Å². The second kappa shape index (κ2) is 6.00. The largest absolute Gasteiger partial charge is 0.478 e. The number of benzene rings is 1. The van der Waals surface area contributed by atoms with E-state index in [4.69, 9.17) is 5.11 Å². The third kappa shape index (κ3) is 3.14. The maximum absolute atomic E-state index is 14.3. The predicted molar refractivity (Wildman–Crippen MR) is 81.7 cm³/mol. The number of anilines is 1. The Morgan fingerprint density at radius 1 is 1.40 bits per heavy atom. The molecule has 1 aromatic rings. The summed E-state index contributed by atoms with van der Waals surface area (Å²) >= 11 is 0. The van der Waals surface area contributed by atoms with Gasteiger partial charge >= 0.3 is 5.97 Å². The van der Waals surface area contributed by atoms with Gasteiger partial charge in [0, 0.05) is 17.9 Å². The van der Waals surface area contributed by atoms with Crippen molar-refractivity contribution in [3.8, 4) is 0 Å². The van der Waals surface area contributed by atoms with Crippen molar-refractivity contribution in [3.63, 3.8) is 0 Å². The van der Waals surface area contributed by atoms with Crippen molar-refractivity contribution in [2.45, 2.75) is 24.8 Å². The molecule has 6 heteroatoms. The molecule has 0 fully saturated rings. The first-order valence-electron chi connectivity index (χ1n) is 6.10. The highest BCUT2D eigenvalue weighted by Crippen LogP contribution is 2.35. The molecule has 1 aromatic carbocycles. The summed E-state index contributed by atoms with van der Waals surface area (Å²) in [6.45, 7) is 3.86. The highest BCUT2D eigenvalue weighted by molar-refractivity contribution is 8.14. The summed E-state index contributed by atoms with van der Waals surface area (Å²) in [5, 5.41) is 14.0. The van der Waals surface area contributed by atoms with Crippen molar-refractivity contribution in [2.75, 3.05) is 5.32 Å². The van der Waals surface area contributed by atoms with Crippen LogP contribution in [0.15, 0.2) is 33.6 Å². The smallest absolute Gasteiger partial charge is 0.338 e. The van der Waals surface area contributed by atoms with E-state index in [1.54, 1.807) is 29.8 Å². The number of carbonyl (C=O) groups is 1. The molecule has 1 unspecified atom stereocenters. The maximum Gasteiger partial charge on any atom is 0.338 e. The van der Waals surface area contributed by atoms with Gasteiger partial charge in [0.05, 0.1) is 10.5 Å². The molecule has 4 nitrogen and oxygen atoms in total. The quantitative estimate of drug-likeness (QED) is 0.837. The van der Waals surface area contributed by atoms with Crippen LogP contribution in [-0.4, -0.2) is 28.7 Å². The molecule has 0 aliphatic carbocycles. The number of hydrogen-bond acceptors (Lipinski definition) is 3. The fourth-order valence-corrected chi connectivity index (χ4v) is 3.07. The van der Waals surface area contributed by atoms with Crippen LogP contribution >= 0.6 is 10.7 Å². The third-order valence-corrected chi connectivity index (χ3v) is 4.04. The van der Waals surface area contributed by atoms with Crippen molar-refractivity contribution < 1.29 is 14.3 Å². The SMILES string of the molecule is CC(C)Nc1cc(C(=O)O)c(F)c(S2=CC=CC=N2)c1. The zero-order chi connectivity index (χ0) is 14.7. The Hall–Kier alpha value is -1.95. The number of carboxylic acids is 1. The van der Waals surface area contributed by atoms with Gasteiger partial charge < -0.3 is 10.4 Å². The standard InChI is InChI=1S/C14H15FN2O2S/c1-9(2)17-10-7-11(14(18)19)13(15)12(8-10)20-6-4-3-5-16-20/h3-9,17H,1-2H3,(H,18,19). The molecule has 1 heterocycles. The maximum atomic E-state index is 14.3. The molecule has 20 heavy (non-hydrogen) atoms. The molecule has 1 atom stereocenters. The van der Waals surface area contributed by atoms with Crippen molar-refractivity contribution in [1.82, 2.24) is 0 Å². The summed E-state index contributed by atoms with van der Waals surface area (Å²) < 4.78 is 18.5. The van der Waals surface area contributed by atoms with Gasteiger partial charge in [-0.25, -0.2) is 13.6 Å². The van der Waals surface area contributed by atoms with E-state index in [1.807, 2.05) is 13.8 Å². The summed E-state index contributed by atoms with van der Waals surface area (Å²) in [7, 11) is -0.792. The molecule has 0 saturated carbocycles. The third-order valence-electron chi connectivity index (χ3n) is 2.53. The van der Waals surface area contributed by atoms with Crippen LogP contribution in [0, 0.1) is 5.82 Å². The Kier molecular flexibility index (Phi) is 4.34. The first kappa shape index (κ1) is 14.5. The Bertz CT molecular complexity index is 636. The van der Waals surface area contributed by atoms with E-state index in [1.165, 1.54) is 6.07 Å². The molecule has 0 saturated heterocycles. The van der Waals surface area contributed by atoms with Gasteiger partial charge in [0.1, 0.15) is 0 Å². The van der Waals surface area contributed by atoms with Crippen LogP contribution in [0.4, 0.5) is 10.1 Å². The second-order valence-electron chi connectivity index (χ2n) is 4.53. The molecular formula is C14H15FN2O2S. The number of carboxylic acid groups (broad SMARTS) is 1. The van der Waals surface area contributed by atoms with Gasteiger partial charge in [-0.05, 0) is 48.1 Å². The van der Waals surface area contributed by atoms with Crippen LogP contribution in [0.3, 0.4) is 0 Å². The lowest BCUT2D eigenvalue weighted by molar-refractivity contribution is 0.0691. The van der Waals surface area contributed by atoms with Crippen molar-refractivity contribution in [1.29, 1.82) is 0 Å². The van der Waals surface area contributed by atoms with E-state index >= 15 is 0 Å². The molecule has 0 bridgehead atoms. The van der Waals surface area contributed by atoms with Crippen molar-refractivity contribution >= 4 is 33.9 Å². The first-order chi connectivity index (χ1) is 9.49. The summed E-state index contributed by atoms with van der Waals surface area (Å²) in [6, 6.07) is 3.06. The minimum absolute atomic E-state index is 0.122. The lowest BCUT2D eigenvalue weighted by atomic mass is 10.1. The topological polar surface area (TPSA) is 61.7 Å². The van der Waals surface area contributed by atoms with E-state index < -0.39 is 22.5 Å². The van der Waals surface area contributed by atoms with Crippen LogP contribution < -0.4 is 5.32 Å². The Morgan fingerprint density at radius 2 is 2.15 bits per heavy atom. The second-order valence-corrected chi connectivity index (χ2v) is 6.08. The van der Waals surface area contributed by atoms with E-state index in [9.17, 15) is 9.18 Å². The van der Waals surface area contributed by atoms with E-state index in [0.29, 0.717) is 5.69 Å².